The predicted molar refractivity (Wildman–Crippen MR) is 70.8 cm³/mol. The normalized spacial score (nSPS) is 19.3. The third-order valence-corrected chi connectivity index (χ3v) is 3.09. The van der Waals surface area contributed by atoms with Gasteiger partial charge in [0.2, 0.25) is 0 Å². The highest BCUT2D eigenvalue weighted by molar-refractivity contribution is 5.60. The van der Waals surface area contributed by atoms with Crippen LogP contribution in [0.1, 0.15) is 12.8 Å². The number of rotatable bonds is 3. The van der Waals surface area contributed by atoms with E-state index in [1.165, 1.54) is 0 Å². The molecule has 1 aliphatic rings. The highest BCUT2D eigenvalue weighted by Crippen LogP contribution is 2.25. The summed E-state index contributed by atoms with van der Waals surface area (Å²) in [5.74, 6) is 1.88. The predicted octanol–water partition coefficient (Wildman–Crippen LogP) is 2.48. The number of nitrogens with two attached hydrogens (primary N) is 1. The molecule has 1 unspecified atom stereocenters. The third kappa shape index (κ3) is 2.88. The molecule has 1 aromatic heterocycles. The molecule has 0 amide bonds. The van der Waals surface area contributed by atoms with E-state index in [1.807, 2.05) is 24.3 Å². The Morgan fingerprint density at radius 1 is 1.26 bits per heavy atom. The van der Waals surface area contributed by atoms with Gasteiger partial charge < -0.3 is 19.7 Å². The van der Waals surface area contributed by atoms with Crippen LogP contribution in [0.25, 0.3) is 11.3 Å². The van der Waals surface area contributed by atoms with Crippen LogP contribution < -0.4 is 10.5 Å². The van der Waals surface area contributed by atoms with E-state index in [-0.39, 0.29) is 6.10 Å². The van der Waals surface area contributed by atoms with Gasteiger partial charge in [0, 0.05) is 18.2 Å². The maximum Gasteiger partial charge on any atom is 0.169 e. The number of hydrogen-bond donors (Lipinski definition) is 1. The number of benzene rings is 1. The van der Waals surface area contributed by atoms with E-state index in [2.05, 4.69) is 5.16 Å². The quantitative estimate of drug-likeness (QED) is 0.918. The summed E-state index contributed by atoms with van der Waals surface area (Å²) in [6, 6.07) is 9.40. The lowest BCUT2D eigenvalue weighted by Gasteiger charge is -2.23. The van der Waals surface area contributed by atoms with Crippen LogP contribution in [0.2, 0.25) is 0 Å². The number of ether oxygens (including phenoxy) is 2. The van der Waals surface area contributed by atoms with Crippen LogP contribution in [0.5, 0.6) is 5.75 Å². The zero-order chi connectivity index (χ0) is 13.1. The van der Waals surface area contributed by atoms with Crippen LogP contribution in [-0.4, -0.2) is 24.5 Å². The Kier molecular flexibility index (Phi) is 3.37. The molecule has 2 aromatic rings. The Bertz CT molecular complexity index is 530. The summed E-state index contributed by atoms with van der Waals surface area (Å²) in [6.07, 6.45) is 2.25. The Hall–Kier alpha value is -2.01. The summed E-state index contributed by atoms with van der Waals surface area (Å²) in [5.41, 5.74) is 6.45. The van der Waals surface area contributed by atoms with Crippen LogP contribution in [0.3, 0.4) is 0 Å². The molecule has 0 saturated carbocycles. The van der Waals surface area contributed by atoms with Crippen molar-refractivity contribution in [1.29, 1.82) is 0 Å². The second-order valence-corrected chi connectivity index (χ2v) is 4.60. The number of anilines is 1. The van der Waals surface area contributed by atoms with Gasteiger partial charge in [-0.3, -0.25) is 0 Å². The van der Waals surface area contributed by atoms with Gasteiger partial charge in [-0.05, 0) is 37.1 Å². The second-order valence-electron chi connectivity index (χ2n) is 4.60. The molecule has 2 N–H and O–H groups in total. The van der Waals surface area contributed by atoms with Crippen LogP contribution in [0.4, 0.5) is 5.82 Å². The topological polar surface area (TPSA) is 70.5 Å². The first-order valence-corrected chi connectivity index (χ1v) is 6.38. The van der Waals surface area contributed by atoms with Crippen LogP contribution in [0, 0.1) is 0 Å². The number of nitrogen functional groups attached to an aromatic ring is 1. The Balaban J connectivity index is 1.68. The van der Waals surface area contributed by atoms with Gasteiger partial charge in [-0.2, -0.15) is 0 Å². The van der Waals surface area contributed by atoms with Crippen molar-refractivity contribution >= 4 is 5.82 Å². The summed E-state index contributed by atoms with van der Waals surface area (Å²) in [6.45, 7) is 1.51. The SMILES string of the molecule is Nc1cc(-c2ccc(OC3CCCOC3)cc2)on1. The summed E-state index contributed by atoms with van der Waals surface area (Å²) < 4.78 is 16.3. The molecule has 5 heteroatoms. The second kappa shape index (κ2) is 5.32. The Labute approximate surface area is 111 Å². The zero-order valence-corrected chi connectivity index (χ0v) is 10.5. The molecule has 1 atom stereocenters. The maximum atomic E-state index is 5.86. The molecule has 0 spiro atoms. The molecule has 100 valence electrons. The highest BCUT2D eigenvalue weighted by atomic mass is 16.5. The standard InChI is InChI=1S/C14H16N2O3/c15-14-8-13(19-16-14)10-3-5-11(6-4-10)18-12-2-1-7-17-9-12/h3-6,8,12H,1-2,7,9H2,(H2,15,16). The van der Waals surface area contributed by atoms with Crippen molar-refractivity contribution < 1.29 is 14.0 Å². The highest BCUT2D eigenvalue weighted by Gasteiger charge is 2.15. The van der Waals surface area contributed by atoms with Gasteiger partial charge >= 0.3 is 0 Å². The van der Waals surface area contributed by atoms with Gasteiger partial charge in [0.1, 0.15) is 11.9 Å². The number of aromatic nitrogens is 1. The van der Waals surface area contributed by atoms with Gasteiger partial charge in [-0.15, -0.1) is 0 Å². The van der Waals surface area contributed by atoms with E-state index in [0.29, 0.717) is 18.2 Å². The lowest BCUT2D eigenvalue weighted by atomic mass is 10.1. The fraction of sp³-hybridized carbons (Fsp3) is 0.357. The lowest BCUT2D eigenvalue weighted by Crippen LogP contribution is -2.27. The van der Waals surface area contributed by atoms with E-state index >= 15 is 0 Å². The largest absolute Gasteiger partial charge is 0.488 e. The molecule has 5 nitrogen and oxygen atoms in total. The minimum absolute atomic E-state index is 0.153. The van der Waals surface area contributed by atoms with Gasteiger partial charge in [0.15, 0.2) is 11.6 Å². The molecule has 3 rings (SSSR count). The van der Waals surface area contributed by atoms with Gasteiger partial charge in [0.05, 0.1) is 6.61 Å². The van der Waals surface area contributed by atoms with Crippen molar-refractivity contribution in [2.24, 2.45) is 0 Å². The molecule has 1 aliphatic heterocycles. The molecule has 2 heterocycles. The minimum atomic E-state index is 0.153. The summed E-state index contributed by atoms with van der Waals surface area (Å²) in [7, 11) is 0. The Morgan fingerprint density at radius 2 is 2.11 bits per heavy atom. The van der Waals surface area contributed by atoms with E-state index in [9.17, 15) is 0 Å². The first kappa shape index (κ1) is 12.0. The van der Waals surface area contributed by atoms with Crippen molar-refractivity contribution in [3.8, 4) is 17.1 Å². The van der Waals surface area contributed by atoms with E-state index in [4.69, 9.17) is 19.7 Å². The first-order chi connectivity index (χ1) is 9.31. The molecule has 1 saturated heterocycles. The lowest BCUT2D eigenvalue weighted by molar-refractivity contribution is 0.00743. The minimum Gasteiger partial charge on any atom is -0.488 e. The average molecular weight is 260 g/mol. The van der Waals surface area contributed by atoms with Crippen LogP contribution in [-0.2, 0) is 4.74 Å². The zero-order valence-electron chi connectivity index (χ0n) is 10.5. The van der Waals surface area contributed by atoms with Crippen molar-refractivity contribution in [2.45, 2.75) is 18.9 Å². The van der Waals surface area contributed by atoms with Crippen molar-refractivity contribution in [3.63, 3.8) is 0 Å². The van der Waals surface area contributed by atoms with Crippen molar-refractivity contribution in [1.82, 2.24) is 5.16 Å². The maximum absolute atomic E-state index is 5.86. The van der Waals surface area contributed by atoms with Crippen molar-refractivity contribution in [3.05, 3.63) is 30.3 Å². The smallest absolute Gasteiger partial charge is 0.169 e. The fourth-order valence-electron chi connectivity index (χ4n) is 2.12. The summed E-state index contributed by atoms with van der Waals surface area (Å²) in [4.78, 5) is 0. The van der Waals surface area contributed by atoms with E-state index in [1.54, 1.807) is 6.07 Å². The average Bonchev–Trinajstić information content (AvgIpc) is 2.87. The van der Waals surface area contributed by atoms with Crippen LogP contribution in [0.15, 0.2) is 34.9 Å². The molecular weight excluding hydrogens is 244 g/mol. The Morgan fingerprint density at radius 3 is 2.74 bits per heavy atom. The van der Waals surface area contributed by atoms with Crippen LogP contribution >= 0.6 is 0 Å². The third-order valence-electron chi connectivity index (χ3n) is 3.09. The number of nitrogens with zero attached hydrogens (tertiary/aromatic N) is 1. The molecule has 0 aliphatic carbocycles. The molecule has 0 radical (unpaired) electrons. The van der Waals surface area contributed by atoms with Gasteiger partial charge in [0.25, 0.3) is 0 Å². The molecule has 0 bridgehead atoms. The summed E-state index contributed by atoms with van der Waals surface area (Å²) in [5, 5.41) is 3.66. The molecule has 1 fully saturated rings. The first-order valence-electron chi connectivity index (χ1n) is 6.38. The van der Waals surface area contributed by atoms with Gasteiger partial charge in [-0.1, -0.05) is 5.16 Å². The monoisotopic (exact) mass is 260 g/mol. The van der Waals surface area contributed by atoms with E-state index < -0.39 is 0 Å². The number of hydrogen-bond acceptors (Lipinski definition) is 5. The molecule has 1 aromatic carbocycles. The fourth-order valence-corrected chi connectivity index (χ4v) is 2.12. The molecule has 19 heavy (non-hydrogen) atoms. The van der Waals surface area contributed by atoms with Gasteiger partial charge in [-0.25, -0.2) is 0 Å². The summed E-state index contributed by atoms with van der Waals surface area (Å²) >= 11 is 0. The van der Waals surface area contributed by atoms with Crippen molar-refractivity contribution in [2.75, 3.05) is 18.9 Å². The molecular formula is C14H16N2O3. The van der Waals surface area contributed by atoms with E-state index in [0.717, 1.165) is 30.8 Å².